The van der Waals surface area contributed by atoms with Gasteiger partial charge in [0.05, 0.1) is 0 Å². The van der Waals surface area contributed by atoms with Crippen LogP contribution in [0.25, 0.3) is 0 Å². The maximum absolute atomic E-state index is 11.6. The van der Waals surface area contributed by atoms with Gasteiger partial charge in [0.25, 0.3) is 0 Å². The summed E-state index contributed by atoms with van der Waals surface area (Å²) in [6.07, 6.45) is 10.2. The molecule has 19 heavy (non-hydrogen) atoms. The fraction of sp³-hybridized carbons (Fsp3) is 0.600. The minimum absolute atomic E-state index is 0.373. The molecule has 1 aromatic heterocycles. The van der Waals surface area contributed by atoms with Gasteiger partial charge in [-0.25, -0.2) is 4.79 Å². The third-order valence-corrected chi connectivity index (χ3v) is 4.62. The van der Waals surface area contributed by atoms with Gasteiger partial charge < -0.3 is 10.0 Å². The molecule has 1 aliphatic heterocycles. The van der Waals surface area contributed by atoms with Crippen LogP contribution in [0.5, 0.6) is 0 Å². The van der Waals surface area contributed by atoms with E-state index in [-0.39, 0.29) is 6.04 Å². The Bertz CT molecular complexity index is 449. The monoisotopic (exact) mass is 260 g/mol. The van der Waals surface area contributed by atoms with Gasteiger partial charge in [0.2, 0.25) is 0 Å². The normalized spacial score (nSPS) is 30.7. The van der Waals surface area contributed by atoms with Crippen LogP contribution in [0.15, 0.2) is 24.5 Å². The lowest BCUT2D eigenvalue weighted by Gasteiger charge is -2.48. The second-order valence-corrected chi connectivity index (χ2v) is 5.66. The van der Waals surface area contributed by atoms with E-state index in [1.54, 1.807) is 12.4 Å². The highest BCUT2D eigenvalue weighted by Gasteiger charge is 2.41. The van der Waals surface area contributed by atoms with E-state index in [9.17, 15) is 9.90 Å². The molecule has 2 aliphatic rings. The van der Waals surface area contributed by atoms with Crippen LogP contribution in [-0.2, 0) is 4.79 Å². The molecular weight excluding hydrogens is 240 g/mol. The number of hydrogen-bond acceptors (Lipinski definition) is 3. The molecule has 0 bridgehead atoms. The quantitative estimate of drug-likeness (QED) is 0.888. The van der Waals surface area contributed by atoms with Crippen LogP contribution in [0.3, 0.4) is 0 Å². The van der Waals surface area contributed by atoms with Gasteiger partial charge in [-0.05, 0) is 43.7 Å². The second-order valence-electron chi connectivity index (χ2n) is 5.66. The number of rotatable bonds is 2. The van der Waals surface area contributed by atoms with E-state index < -0.39 is 5.97 Å². The Balaban J connectivity index is 1.94. The Labute approximate surface area is 113 Å². The van der Waals surface area contributed by atoms with Crippen molar-refractivity contribution in [2.24, 2.45) is 5.92 Å². The highest BCUT2D eigenvalue weighted by Crippen LogP contribution is 2.40. The summed E-state index contributed by atoms with van der Waals surface area (Å²) in [5.41, 5.74) is 1.01. The summed E-state index contributed by atoms with van der Waals surface area (Å²) in [5, 5.41) is 9.50. The predicted octanol–water partition coefficient (Wildman–Crippen LogP) is 2.69. The number of carbonyl (C=O) groups is 1. The highest BCUT2D eigenvalue weighted by molar-refractivity contribution is 5.78. The Morgan fingerprint density at radius 3 is 2.63 bits per heavy atom. The molecule has 3 rings (SSSR count). The fourth-order valence-corrected chi connectivity index (χ4v) is 3.76. The molecule has 1 aromatic rings. The number of aliphatic carboxylic acids is 1. The molecule has 0 radical (unpaired) electrons. The molecule has 1 saturated heterocycles. The minimum atomic E-state index is -0.694. The molecule has 0 amide bonds. The summed E-state index contributed by atoms with van der Waals surface area (Å²) in [6, 6.07) is 3.90. The molecule has 4 nitrogen and oxygen atoms in total. The molecule has 3 atom stereocenters. The first-order valence-corrected chi connectivity index (χ1v) is 7.18. The lowest BCUT2D eigenvalue weighted by atomic mass is 9.76. The van der Waals surface area contributed by atoms with Crippen molar-refractivity contribution >= 4 is 11.7 Å². The predicted molar refractivity (Wildman–Crippen MR) is 73.1 cm³/mol. The zero-order valence-corrected chi connectivity index (χ0v) is 11.0. The summed E-state index contributed by atoms with van der Waals surface area (Å²) in [7, 11) is 0. The molecule has 1 N–H and O–H groups in total. The van der Waals surface area contributed by atoms with Crippen molar-refractivity contribution in [1.29, 1.82) is 0 Å². The average molecular weight is 260 g/mol. The number of aromatic nitrogens is 1. The summed E-state index contributed by atoms with van der Waals surface area (Å²) >= 11 is 0. The zero-order chi connectivity index (χ0) is 13.2. The van der Waals surface area contributed by atoms with E-state index in [0.717, 1.165) is 24.9 Å². The zero-order valence-electron chi connectivity index (χ0n) is 11.0. The van der Waals surface area contributed by atoms with Gasteiger partial charge in [-0.1, -0.05) is 12.8 Å². The van der Waals surface area contributed by atoms with E-state index in [1.807, 2.05) is 12.1 Å². The summed E-state index contributed by atoms with van der Waals surface area (Å²) in [5.74, 6) is -0.0293. The maximum atomic E-state index is 11.6. The van der Waals surface area contributed by atoms with Crippen molar-refractivity contribution in [1.82, 2.24) is 4.98 Å². The number of pyridine rings is 1. The molecule has 4 heteroatoms. The Kier molecular flexibility index (Phi) is 3.40. The van der Waals surface area contributed by atoms with E-state index in [0.29, 0.717) is 12.0 Å². The number of carboxylic acid groups (broad SMARTS) is 1. The molecular formula is C15H20N2O2. The van der Waals surface area contributed by atoms with Crippen LogP contribution in [0, 0.1) is 5.92 Å². The van der Waals surface area contributed by atoms with Crippen molar-refractivity contribution < 1.29 is 9.90 Å². The van der Waals surface area contributed by atoms with Gasteiger partial charge in [-0.3, -0.25) is 4.98 Å². The van der Waals surface area contributed by atoms with E-state index in [1.165, 1.54) is 19.3 Å². The Hall–Kier alpha value is -1.58. The van der Waals surface area contributed by atoms with Crippen molar-refractivity contribution in [3.8, 4) is 0 Å². The first-order chi connectivity index (χ1) is 9.27. The average Bonchev–Trinajstić information content (AvgIpc) is 2.46. The topological polar surface area (TPSA) is 53.4 Å². The molecule has 1 aliphatic carbocycles. The van der Waals surface area contributed by atoms with Gasteiger partial charge in [-0.15, -0.1) is 0 Å². The molecule has 0 aromatic carbocycles. The number of carboxylic acids is 1. The van der Waals surface area contributed by atoms with Crippen LogP contribution in [0.2, 0.25) is 0 Å². The van der Waals surface area contributed by atoms with Crippen LogP contribution in [0.1, 0.15) is 38.5 Å². The van der Waals surface area contributed by atoms with Gasteiger partial charge in [-0.2, -0.15) is 0 Å². The third-order valence-electron chi connectivity index (χ3n) is 4.62. The highest BCUT2D eigenvalue weighted by atomic mass is 16.4. The maximum Gasteiger partial charge on any atom is 0.326 e. The molecule has 1 saturated carbocycles. The van der Waals surface area contributed by atoms with Gasteiger partial charge in [0.15, 0.2) is 0 Å². The third kappa shape index (κ3) is 2.31. The molecule has 2 fully saturated rings. The molecule has 3 unspecified atom stereocenters. The number of anilines is 1. The largest absolute Gasteiger partial charge is 0.480 e. The van der Waals surface area contributed by atoms with Crippen LogP contribution < -0.4 is 4.90 Å². The van der Waals surface area contributed by atoms with E-state index in [4.69, 9.17) is 0 Å². The Morgan fingerprint density at radius 1 is 1.16 bits per heavy atom. The number of piperidine rings is 1. The second kappa shape index (κ2) is 5.19. The standard InChI is InChI=1S/C15H20N2O2/c18-15(19)14-6-5-11-3-1-2-4-13(11)17(14)12-7-9-16-10-8-12/h7-11,13-14H,1-6H2,(H,18,19). The van der Waals surface area contributed by atoms with Gasteiger partial charge >= 0.3 is 5.97 Å². The van der Waals surface area contributed by atoms with Crippen molar-refractivity contribution in [3.63, 3.8) is 0 Å². The Morgan fingerprint density at radius 2 is 1.89 bits per heavy atom. The SMILES string of the molecule is O=C(O)C1CCC2CCCCC2N1c1ccncc1. The smallest absolute Gasteiger partial charge is 0.326 e. The number of hydrogen-bond donors (Lipinski definition) is 1. The van der Waals surface area contributed by atoms with E-state index >= 15 is 0 Å². The van der Waals surface area contributed by atoms with Crippen LogP contribution in [0.4, 0.5) is 5.69 Å². The lowest BCUT2D eigenvalue weighted by molar-refractivity contribution is -0.139. The molecule has 2 heterocycles. The minimum Gasteiger partial charge on any atom is -0.480 e. The van der Waals surface area contributed by atoms with Crippen molar-refractivity contribution in [3.05, 3.63) is 24.5 Å². The van der Waals surface area contributed by atoms with E-state index in [2.05, 4.69) is 9.88 Å². The summed E-state index contributed by atoms with van der Waals surface area (Å²) < 4.78 is 0. The molecule has 102 valence electrons. The van der Waals surface area contributed by atoms with Crippen molar-refractivity contribution in [2.75, 3.05) is 4.90 Å². The van der Waals surface area contributed by atoms with Crippen LogP contribution in [-0.4, -0.2) is 28.1 Å². The number of fused-ring (bicyclic) bond motifs is 1. The van der Waals surface area contributed by atoms with Crippen LogP contribution >= 0.6 is 0 Å². The lowest BCUT2D eigenvalue weighted by Crippen LogP contribution is -2.55. The first kappa shape index (κ1) is 12.5. The summed E-state index contributed by atoms with van der Waals surface area (Å²) in [6.45, 7) is 0. The first-order valence-electron chi connectivity index (χ1n) is 7.18. The van der Waals surface area contributed by atoms with Gasteiger partial charge in [0.1, 0.15) is 6.04 Å². The number of nitrogens with zero attached hydrogens (tertiary/aromatic N) is 2. The fourth-order valence-electron chi connectivity index (χ4n) is 3.76. The summed E-state index contributed by atoms with van der Waals surface area (Å²) in [4.78, 5) is 17.7. The van der Waals surface area contributed by atoms with Gasteiger partial charge in [0, 0.05) is 24.1 Å². The van der Waals surface area contributed by atoms with Crippen molar-refractivity contribution in [2.45, 2.75) is 50.6 Å². The molecule has 0 spiro atoms.